The van der Waals surface area contributed by atoms with Gasteiger partial charge in [0.15, 0.2) is 0 Å². The topological polar surface area (TPSA) is 114 Å². The van der Waals surface area contributed by atoms with Crippen molar-refractivity contribution >= 4 is 32.5 Å². The first kappa shape index (κ1) is 17.5. The van der Waals surface area contributed by atoms with E-state index in [9.17, 15) is 8.42 Å². The predicted molar refractivity (Wildman–Crippen MR) is 100 cm³/mol. The minimum Gasteiger partial charge on any atom is -0.256 e. The number of nitrogens with zero attached hydrogens (tertiary/aromatic N) is 4. The Kier molecular flexibility index (Phi) is 4.56. The molecule has 2 aromatic carbocycles. The van der Waals surface area contributed by atoms with Crippen LogP contribution >= 0.6 is 11.6 Å². The van der Waals surface area contributed by atoms with Crippen molar-refractivity contribution in [3.8, 4) is 11.4 Å². The van der Waals surface area contributed by atoms with Crippen LogP contribution in [-0.2, 0) is 16.6 Å². The minimum atomic E-state index is -3.76. The van der Waals surface area contributed by atoms with Crippen LogP contribution in [0, 0.1) is 0 Å². The van der Waals surface area contributed by atoms with Gasteiger partial charge in [0.05, 0.1) is 15.4 Å². The Balaban J connectivity index is 1.59. The Morgan fingerprint density at radius 3 is 2.81 bits per heavy atom. The first-order valence-corrected chi connectivity index (χ1v) is 9.76. The number of tetrazole rings is 1. The van der Waals surface area contributed by atoms with Crippen LogP contribution in [0.25, 0.3) is 22.3 Å². The van der Waals surface area contributed by atoms with E-state index in [-0.39, 0.29) is 17.3 Å². The van der Waals surface area contributed by atoms with Crippen molar-refractivity contribution in [3.63, 3.8) is 0 Å². The van der Waals surface area contributed by atoms with Gasteiger partial charge in [-0.25, -0.2) is 13.1 Å². The third-order valence-corrected chi connectivity index (χ3v) is 5.70. The molecule has 8 nitrogen and oxygen atoms in total. The fourth-order valence-electron chi connectivity index (χ4n) is 2.60. The van der Waals surface area contributed by atoms with E-state index in [1.165, 1.54) is 18.2 Å². The van der Waals surface area contributed by atoms with Crippen LogP contribution in [0.2, 0.25) is 5.02 Å². The summed E-state index contributed by atoms with van der Waals surface area (Å²) in [5, 5.41) is 14.8. The molecule has 0 radical (unpaired) electrons. The smallest absolute Gasteiger partial charge is 0.240 e. The Hall–Kier alpha value is -2.88. The monoisotopic (exact) mass is 400 g/mol. The Bertz CT molecular complexity index is 1210. The van der Waals surface area contributed by atoms with E-state index in [2.05, 4.69) is 30.3 Å². The molecule has 2 heterocycles. The number of H-pyrrole nitrogens is 1. The van der Waals surface area contributed by atoms with Gasteiger partial charge in [0.25, 0.3) is 0 Å². The second-order valence-electron chi connectivity index (χ2n) is 5.73. The normalized spacial score (nSPS) is 11.7. The molecule has 0 fully saturated rings. The van der Waals surface area contributed by atoms with E-state index in [1.54, 1.807) is 6.20 Å². The number of aromatic amines is 1. The number of rotatable bonds is 5. The van der Waals surface area contributed by atoms with Crippen molar-refractivity contribution < 1.29 is 8.42 Å². The van der Waals surface area contributed by atoms with Crippen LogP contribution in [0.15, 0.2) is 59.6 Å². The van der Waals surface area contributed by atoms with E-state index >= 15 is 0 Å². The van der Waals surface area contributed by atoms with Crippen LogP contribution in [0.5, 0.6) is 0 Å². The number of halogens is 1. The molecule has 0 bridgehead atoms. The lowest BCUT2D eigenvalue weighted by Gasteiger charge is -2.09. The van der Waals surface area contributed by atoms with Gasteiger partial charge < -0.3 is 0 Å². The summed E-state index contributed by atoms with van der Waals surface area (Å²) in [4.78, 5) is 4.34. The van der Waals surface area contributed by atoms with Crippen LogP contribution in [0.4, 0.5) is 0 Å². The zero-order valence-electron chi connectivity index (χ0n) is 13.8. The molecular formula is C17H13ClN6O2S. The molecule has 0 aliphatic rings. The summed E-state index contributed by atoms with van der Waals surface area (Å²) < 4.78 is 27.9. The minimum absolute atomic E-state index is 0.0608. The summed E-state index contributed by atoms with van der Waals surface area (Å²) in [6.45, 7) is 0.134. The molecule has 0 atom stereocenters. The van der Waals surface area contributed by atoms with Gasteiger partial charge in [-0.2, -0.15) is 5.21 Å². The van der Waals surface area contributed by atoms with Crippen LogP contribution in [0.1, 0.15) is 5.56 Å². The lowest BCUT2D eigenvalue weighted by molar-refractivity contribution is 0.581. The fourth-order valence-corrected chi connectivity index (χ4v) is 3.85. The highest BCUT2D eigenvalue weighted by molar-refractivity contribution is 7.89. The van der Waals surface area contributed by atoms with Crippen molar-refractivity contribution in [1.29, 1.82) is 0 Å². The molecule has 2 N–H and O–H groups in total. The zero-order valence-corrected chi connectivity index (χ0v) is 15.4. The second-order valence-corrected chi connectivity index (χ2v) is 7.91. The SMILES string of the molecule is O=S(=O)(NCc1ccc2cccnc2c1)c1ccc(Cl)c(-c2nn[nH]n2)c1. The van der Waals surface area contributed by atoms with E-state index in [4.69, 9.17) is 11.6 Å². The molecule has 2 aromatic heterocycles. The number of aromatic nitrogens is 5. The van der Waals surface area contributed by atoms with Gasteiger partial charge in [0, 0.05) is 23.7 Å². The summed E-state index contributed by atoms with van der Waals surface area (Å²) >= 11 is 6.12. The lowest BCUT2D eigenvalue weighted by atomic mass is 10.1. The van der Waals surface area contributed by atoms with Crippen molar-refractivity contribution in [2.75, 3.05) is 0 Å². The highest BCUT2D eigenvalue weighted by Gasteiger charge is 2.18. The van der Waals surface area contributed by atoms with Gasteiger partial charge in [0.1, 0.15) is 0 Å². The molecule has 10 heteroatoms. The number of sulfonamides is 1. The van der Waals surface area contributed by atoms with Gasteiger partial charge in [-0.15, -0.1) is 10.2 Å². The number of hydrogen-bond donors (Lipinski definition) is 2. The van der Waals surface area contributed by atoms with Crippen LogP contribution in [-0.4, -0.2) is 34.0 Å². The van der Waals surface area contributed by atoms with Crippen molar-refractivity contribution in [3.05, 3.63) is 65.3 Å². The molecule has 0 saturated heterocycles. The maximum absolute atomic E-state index is 12.7. The average Bonchev–Trinajstić information content (AvgIpc) is 3.21. The van der Waals surface area contributed by atoms with E-state index in [1.807, 2.05) is 30.3 Å². The standard InChI is InChI=1S/C17H13ClN6O2S/c18-15-6-5-13(9-14(15)17-21-23-24-22-17)27(25,26)20-10-11-3-4-12-2-1-7-19-16(12)8-11/h1-9,20H,10H2,(H,21,22,23,24). The van der Waals surface area contributed by atoms with E-state index < -0.39 is 10.0 Å². The molecule has 4 rings (SSSR count). The molecule has 0 spiro atoms. The van der Waals surface area contributed by atoms with Gasteiger partial charge in [-0.3, -0.25) is 4.98 Å². The summed E-state index contributed by atoms with van der Waals surface area (Å²) in [7, 11) is -3.76. The van der Waals surface area contributed by atoms with Gasteiger partial charge in [-0.1, -0.05) is 29.8 Å². The van der Waals surface area contributed by atoms with Crippen LogP contribution < -0.4 is 4.72 Å². The number of nitrogens with one attached hydrogen (secondary N) is 2. The molecule has 4 aromatic rings. The summed E-state index contributed by atoms with van der Waals surface area (Å²) in [6, 6.07) is 13.7. The van der Waals surface area contributed by atoms with Crippen molar-refractivity contribution in [1.82, 2.24) is 30.3 Å². The van der Waals surface area contributed by atoms with Gasteiger partial charge in [-0.05, 0) is 41.1 Å². The molecular weight excluding hydrogens is 388 g/mol. The Morgan fingerprint density at radius 2 is 2.00 bits per heavy atom. The van der Waals surface area contributed by atoms with E-state index in [0.29, 0.717) is 10.6 Å². The first-order chi connectivity index (χ1) is 13.0. The Labute approximate surface area is 159 Å². The molecule has 0 saturated carbocycles. The van der Waals surface area contributed by atoms with Crippen molar-refractivity contribution in [2.24, 2.45) is 0 Å². The average molecular weight is 401 g/mol. The van der Waals surface area contributed by atoms with Crippen LogP contribution in [0.3, 0.4) is 0 Å². The predicted octanol–water partition coefficient (Wildman–Crippen LogP) is 2.55. The number of fused-ring (bicyclic) bond motifs is 1. The molecule has 27 heavy (non-hydrogen) atoms. The highest BCUT2D eigenvalue weighted by Crippen LogP contribution is 2.27. The maximum atomic E-state index is 12.7. The first-order valence-electron chi connectivity index (χ1n) is 7.90. The quantitative estimate of drug-likeness (QED) is 0.532. The second kappa shape index (κ2) is 7.03. The fraction of sp³-hybridized carbons (Fsp3) is 0.0588. The summed E-state index contributed by atoms with van der Waals surface area (Å²) in [6.07, 6.45) is 1.70. The molecule has 0 aliphatic heterocycles. The number of pyridine rings is 1. The number of benzene rings is 2. The molecule has 0 amide bonds. The third kappa shape index (κ3) is 3.65. The van der Waals surface area contributed by atoms with Crippen molar-refractivity contribution in [2.45, 2.75) is 11.4 Å². The molecule has 136 valence electrons. The highest BCUT2D eigenvalue weighted by atomic mass is 35.5. The van der Waals surface area contributed by atoms with E-state index in [0.717, 1.165) is 16.5 Å². The lowest BCUT2D eigenvalue weighted by Crippen LogP contribution is -2.23. The summed E-state index contributed by atoms with van der Waals surface area (Å²) in [5.41, 5.74) is 1.99. The van der Waals surface area contributed by atoms with Gasteiger partial charge in [0.2, 0.25) is 15.8 Å². The number of hydrogen-bond acceptors (Lipinski definition) is 6. The Morgan fingerprint density at radius 1 is 1.11 bits per heavy atom. The molecule has 0 unspecified atom stereocenters. The van der Waals surface area contributed by atoms with Gasteiger partial charge >= 0.3 is 0 Å². The largest absolute Gasteiger partial charge is 0.256 e. The maximum Gasteiger partial charge on any atom is 0.240 e. The summed E-state index contributed by atoms with van der Waals surface area (Å²) in [5.74, 6) is 0.220. The third-order valence-electron chi connectivity index (χ3n) is 3.97. The molecule has 0 aliphatic carbocycles. The zero-order chi connectivity index (χ0) is 18.9.